The largest absolute Gasteiger partial charge is 0.360 e. The maximum atomic E-state index is 8.76. The minimum atomic E-state index is -0.264. The van der Waals surface area contributed by atoms with Gasteiger partial charge in [0.15, 0.2) is 5.13 Å². The summed E-state index contributed by atoms with van der Waals surface area (Å²) in [6.07, 6.45) is 0. The van der Waals surface area contributed by atoms with Gasteiger partial charge in [0.1, 0.15) is 0 Å². The Kier molecular flexibility index (Phi) is 3.84. The topological polar surface area (TPSA) is 74.7 Å². The molecular formula is C14H16N4S. The highest BCUT2D eigenvalue weighted by atomic mass is 32.1. The van der Waals surface area contributed by atoms with Gasteiger partial charge in [-0.15, -0.1) is 11.3 Å². The lowest BCUT2D eigenvalue weighted by atomic mass is 10.1. The van der Waals surface area contributed by atoms with E-state index in [1.807, 2.05) is 31.4 Å². The van der Waals surface area contributed by atoms with Crippen LogP contribution in [0.25, 0.3) is 11.3 Å². The zero-order chi connectivity index (χ0) is 13.9. The molecule has 3 N–H and O–H groups in total. The third kappa shape index (κ3) is 3.78. The van der Waals surface area contributed by atoms with Crippen LogP contribution in [-0.2, 0) is 0 Å². The van der Waals surface area contributed by atoms with E-state index in [1.54, 1.807) is 23.5 Å². The van der Waals surface area contributed by atoms with E-state index < -0.39 is 0 Å². The van der Waals surface area contributed by atoms with Crippen LogP contribution in [0.2, 0.25) is 0 Å². The lowest BCUT2D eigenvalue weighted by molar-refractivity contribution is 0.549. The highest BCUT2D eigenvalue weighted by molar-refractivity contribution is 7.14. The Morgan fingerprint density at radius 1 is 1.37 bits per heavy atom. The summed E-state index contributed by atoms with van der Waals surface area (Å²) in [4.78, 5) is 4.51. The molecule has 5 heteroatoms. The summed E-state index contributed by atoms with van der Waals surface area (Å²) < 4.78 is 0. The summed E-state index contributed by atoms with van der Waals surface area (Å²) in [5.41, 5.74) is 8.23. The predicted octanol–water partition coefficient (Wildman–Crippen LogP) is 2.83. The molecule has 2 aromatic rings. The van der Waals surface area contributed by atoms with Crippen molar-refractivity contribution >= 4 is 16.5 Å². The molecule has 0 atom stereocenters. The molecule has 19 heavy (non-hydrogen) atoms. The summed E-state index contributed by atoms with van der Waals surface area (Å²) in [7, 11) is 0. The standard InChI is InChI=1S/C14H16N4S/c1-14(2,16)9-17-13-18-12(8-19-13)11-5-3-10(7-15)4-6-11/h3-6,8H,9,16H2,1-2H3,(H,17,18). The first-order valence-electron chi connectivity index (χ1n) is 5.97. The average molecular weight is 272 g/mol. The number of nitrogens with two attached hydrogens (primary N) is 1. The molecule has 0 amide bonds. The van der Waals surface area contributed by atoms with Gasteiger partial charge in [-0.2, -0.15) is 5.26 Å². The summed E-state index contributed by atoms with van der Waals surface area (Å²) in [5, 5.41) is 14.8. The normalized spacial score (nSPS) is 11.1. The number of nitrogens with zero attached hydrogens (tertiary/aromatic N) is 2. The van der Waals surface area contributed by atoms with E-state index in [1.165, 1.54) is 0 Å². The lowest BCUT2D eigenvalue weighted by Gasteiger charge is -2.18. The number of nitriles is 1. The molecule has 4 nitrogen and oxygen atoms in total. The van der Waals surface area contributed by atoms with Crippen molar-refractivity contribution in [2.75, 3.05) is 11.9 Å². The van der Waals surface area contributed by atoms with Crippen molar-refractivity contribution < 1.29 is 0 Å². The van der Waals surface area contributed by atoms with Gasteiger partial charge < -0.3 is 11.1 Å². The average Bonchev–Trinajstić information content (AvgIpc) is 2.84. The molecule has 0 radical (unpaired) electrons. The quantitative estimate of drug-likeness (QED) is 0.897. The second-order valence-electron chi connectivity index (χ2n) is 5.07. The van der Waals surface area contributed by atoms with Crippen molar-refractivity contribution in [1.82, 2.24) is 4.98 Å². The van der Waals surface area contributed by atoms with Crippen molar-refractivity contribution in [2.24, 2.45) is 5.73 Å². The number of nitrogens with one attached hydrogen (secondary N) is 1. The highest BCUT2D eigenvalue weighted by Gasteiger charge is 2.11. The molecule has 0 aliphatic carbocycles. The minimum Gasteiger partial charge on any atom is -0.360 e. The maximum absolute atomic E-state index is 8.76. The lowest BCUT2D eigenvalue weighted by Crippen LogP contribution is -2.39. The SMILES string of the molecule is CC(C)(N)CNc1nc(-c2ccc(C#N)cc2)cs1. The Morgan fingerprint density at radius 2 is 2.05 bits per heavy atom. The number of hydrogen-bond acceptors (Lipinski definition) is 5. The number of anilines is 1. The van der Waals surface area contributed by atoms with Crippen molar-refractivity contribution in [3.8, 4) is 17.3 Å². The number of aromatic nitrogens is 1. The number of thiazole rings is 1. The Hall–Kier alpha value is -1.90. The van der Waals surface area contributed by atoms with Crippen molar-refractivity contribution in [3.63, 3.8) is 0 Å². The van der Waals surface area contributed by atoms with Crippen molar-refractivity contribution in [2.45, 2.75) is 19.4 Å². The first kappa shape index (κ1) is 13.5. The molecule has 1 aromatic carbocycles. The second kappa shape index (κ2) is 5.39. The second-order valence-corrected chi connectivity index (χ2v) is 5.93. The monoisotopic (exact) mass is 272 g/mol. The van der Waals surface area contributed by atoms with E-state index >= 15 is 0 Å². The maximum Gasteiger partial charge on any atom is 0.183 e. The van der Waals surface area contributed by atoms with Crippen LogP contribution in [-0.4, -0.2) is 17.1 Å². The summed E-state index contributed by atoms with van der Waals surface area (Å²) in [6.45, 7) is 4.61. The van der Waals surface area contributed by atoms with Crippen LogP contribution in [0.4, 0.5) is 5.13 Å². The Bertz CT molecular complexity index is 587. The van der Waals surface area contributed by atoms with Crippen LogP contribution < -0.4 is 11.1 Å². The molecule has 0 unspecified atom stereocenters. The number of benzene rings is 1. The molecule has 1 heterocycles. The molecule has 0 spiro atoms. The third-order valence-electron chi connectivity index (χ3n) is 2.51. The predicted molar refractivity (Wildman–Crippen MR) is 79.0 cm³/mol. The molecule has 0 saturated carbocycles. The van der Waals surface area contributed by atoms with Crippen LogP contribution in [0.15, 0.2) is 29.6 Å². The first-order valence-corrected chi connectivity index (χ1v) is 6.85. The zero-order valence-corrected chi connectivity index (χ0v) is 11.8. The highest BCUT2D eigenvalue weighted by Crippen LogP contribution is 2.25. The summed E-state index contributed by atoms with van der Waals surface area (Å²) in [5.74, 6) is 0. The first-order chi connectivity index (χ1) is 8.98. The molecule has 0 aliphatic rings. The summed E-state index contributed by atoms with van der Waals surface area (Å²) >= 11 is 1.55. The molecule has 2 rings (SSSR count). The van der Waals surface area contributed by atoms with Gasteiger partial charge in [-0.3, -0.25) is 0 Å². The Morgan fingerprint density at radius 3 is 2.63 bits per heavy atom. The minimum absolute atomic E-state index is 0.264. The van der Waals surface area contributed by atoms with Crippen LogP contribution in [0.5, 0.6) is 0 Å². The van der Waals surface area contributed by atoms with Gasteiger partial charge in [0.2, 0.25) is 0 Å². The van der Waals surface area contributed by atoms with Gasteiger partial charge in [0, 0.05) is 23.0 Å². The fourth-order valence-electron chi connectivity index (χ4n) is 1.51. The molecule has 1 aromatic heterocycles. The number of rotatable bonds is 4. The van der Waals surface area contributed by atoms with E-state index in [0.717, 1.165) is 16.4 Å². The number of hydrogen-bond donors (Lipinski definition) is 2. The fourth-order valence-corrected chi connectivity index (χ4v) is 2.23. The molecule has 0 fully saturated rings. The third-order valence-corrected chi connectivity index (χ3v) is 3.31. The van der Waals surface area contributed by atoms with Crippen LogP contribution in [0, 0.1) is 11.3 Å². The van der Waals surface area contributed by atoms with Crippen LogP contribution >= 0.6 is 11.3 Å². The van der Waals surface area contributed by atoms with E-state index in [2.05, 4.69) is 16.4 Å². The zero-order valence-electron chi connectivity index (χ0n) is 11.0. The van der Waals surface area contributed by atoms with Gasteiger partial charge in [-0.25, -0.2) is 4.98 Å². The van der Waals surface area contributed by atoms with E-state index in [0.29, 0.717) is 12.1 Å². The van der Waals surface area contributed by atoms with Gasteiger partial charge >= 0.3 is 0 Å². The smallest absolute Gasteiger partial charge is 0.183 e. The Balaban J connectivity index is 2.10. The summed E-state index contributed by atoms with van der Waals surface area (Å²) in [6, 6.07) is 9.51. The van der Waals surface area contributed by atoms with E-state index in [9.17, 15) is 0 Å². The fraction of sp³-hybridized carbons (Fsp3) is 0.286. The van der Waals surface area contributed by atoms with Gasteiger partial charge in [0.25, 0.3) is 0 Å². The molecule has 0 saturated heterocycles. The Labute approximate surface area is 116 Å². The van der Waals surface area contributed by atoms with E-state index in [-0.39, 0.29) is 5.54 Å². The molecule has 0 aliphatic heterocycles. The van der Waals surface area contributed by atoms with Crippen molar-refractivity contribution in [1.29, 1.82) is 5.26 Å². The molecule has 0 bridgehead atoms. The van der Waals surface area contributed by atoms with Gasteiger partial charge in [0.05, 0.1) is 17.3 Å². The van der Waals surface area contributed by atoms with Crippen LogP contribution in [0.3, 0.4) is 0 Å². The molecule has 98 valence electrons. The van der Waals surface area contributed by atoms with Crippen molar-refractivity contribution in [3.05, 3.63) is 35.2 Å². The molecular weight excluding hydrogens is 256 g/mol. The van der Waals surface area contributed by atoms with Crippen LogP contribution in [0.1, 0.15) is 19.4 Å². The van der Waals surface area contributed by atoms with E-state index in [4.69, 9.17) is 11.0 Å². The van der Waals surface area contributed by atoms with Gasteiger partial charge in [-0.05, 0) is 26.0 Å². The van der Waals surface area contributed by atoms with Gasteiger partial charge in [-0.1, -0.05) is 12.1 Å².